The number of rotatable bonds is 4. The van der Waals surface area contributed by atoms with Gasteiger partial charge in [-0.2, -0.15) is 15.1 Å². The van der Waals surface area contributed by atoms with E-state index in [0.717, 1.165) is 34.1 Å². The fourth-order valence-electron chi connectivity index (χ4n) is 4.06. The van der Waals surface area contributed by atoms with E-state index in [1.54, 1.807) is 6.08 Å². The zero-order chi connectivity index (χ0) is 22.4. The van der Waals surface area contributed by atoms with Crippen LogP contribution in [0.3, 0.4) is 0 Å². The number of nitrogens with one attached hydrogen (secondary N) is 1. The molecule has 0 fully saturated rings. The zero-order valence-electron chi connectivity index (χ0n) is 18.8. The minimum absolute atomic E-state index is 0.0816. The van der Waals surface area contributed by atoms with Crippen molar-refractivity contribution in [1.82, 2.24) is 9.58 Å². The van der Waals surface area contributed by atoms with Gasteiger partial charge in [-0.15, -0.1) is 0 Å². The summed E-state index contributed by atoms with van der Waals surface area (Å²) in [5.74, 6) is 0.142. The molecule has 2 aliphatic heterocycles. The van der Waals surface area contributed by atoms with Gasteiger partial charge in [0, 0.05) is 17.8 Å². The molecule has 0 saturated heterocycles. The van der Waals surface area contributed by atoms with Crippen molar-refractivity contribution in [2.75, 3.05) is 0 Å². The summed E-state index contributed by atoms with van der Waals surface area (Å²) in [5.41, 5.74) is 6.82. The van der Waals surface area contributed by atoms with Gasteiger partial charge in [-0.1, -0.05) is 32.0 Å². The Morgan fingerprint density at radius 2 is 1.84 bits per heavy atom. The van der Waals surface area contributed by atoms with Crippen molar-refractivity contribution in [3.63, 3.8) is 0 Å². The molecule has 4 rings (SSSR count). The highest BCUT2D eigenvalue weighted by molar-refractivity contribution is 8.26. The number of aryl methyl sites for hydroxylation is 3. The van der Waals surface area contributed by atoms with Crippen LogP contribution in [-0.2, 0) is 4.79 Å². The molecule has 0 spiro atoms. The Hall–Kier alpha value is -2.93. The highest BCUT2D eigenvalue weighted by Gasteiger charge is 2.35. The summed E-state index contributed by atoms with van der Waals surface area (Å²) in [6, 6.07) is 8.33. The van der Waals surface area contributed by atoms with Gasteiger partial charge in [-0.25, -0.2) is 0 Å². The molecule has 31 heavy (non-hydrogen) atoms. The maximum Gasteiger partial charge on any atom is 0.283 e. The summed E-state index contributed by atoms with van der Waals surface area (Å²) in [5, 5.41) is 16.0. The Labute approximate surface area is 187 Å². The lowest BCUT2D eigenvalue weighted by Crippen LogP contribution is -2.35. The molecule has 0 atom stereocenters. The summed E-state index contributed by atoms with van der Waals surface area (Å²) < 4.78 is 2.22. The second-order valence-electron chi connectivity index (χ2n) is 8.51. The maximum absolute atomic E-state index is 12.8. The molecule has 1 amide bonds. The van der Waals surface area contributed by atoms with E-state index in [4.69, 9.17) is 5.41 Å². The summed E-state index contributed by atoms with van der Waals surface area (Å²) in [7, 11) is 0. The molecule has 1 aromatic carbocycles. The topological polar surface area (TPSA) is 73.8 Å². The molecule has 160 valence electrons. The standard InChI is InChI=1S/C24H27N5OS/c1-13(2)10-20-27-29-22(25)19(23(30)26-24(29)31-20)12-18-11-16(5)28(17(18)6)21-14(3)8-7-9-15(21)4/h7-9,11-13,25H,10H2,1-6H3. The summed E-state index contributed by atoms with van der Waals surface area (Å²) in [4.78, 5) is 17.0. The molecule has 7 heteroatoms. The van der Waals surface area contributed by atoms with E-state index in [2.05, 4.69) is 73.5 Å². The Kier molecular flexibility index (Phi) is 5.47. The Balaban J connectivity index is 1.74. The SMILES string of the molecule is Cc1cccc(C)c1-n1c(C)cc(C=C2C(=N)N3N=C(CC(C)C)SC3=NC2=O)c1C. The van der Waals surface area contributed by atoms with Gasteiger partial charge >= 0.3 is 0 Å². The fourth-order valence-corrected chi connectivity index (χ4v) is 5.15. The number of para-hydroxylation sites is 1. The third-order valence-corrected chi connectivity index (χ3v) is 6.44. The van der Waals surface area contributed by atoms with Gasteiger partial charge < -0.3 is 4.57 Å². The molecular formula is C24H27N5OS. The second kappa shape index (κ2) is 7.96. The van der Waals surface area contributed by atoms with Crippen molar-refractivity contribution in [3.05, 3.63) is 57.9 Å². The van der Waals surface area contributed by atoms with Crippen molar-refractivity contribution in [2.45, 2.75) is 48.0 Å². The molecule has 0 aliphatic carbocycles. The van der Waals surface area contributed by atoms with Gasteiger partial charge in [0.1, 0.15) is 5.04 Å². The summed E-state index contributed by atoms with van der Waals surface area (Å²) in [6.45, 7) is 12.6. The van der Waals surface area contributed by atoms with Gasteiger partial charge in [0.2, 0.25) is 5.17 Å². The van der Waals surface area contributed by atoms with Gasteiger partial charge in [0.05, 0.1) is 11.3 Å². The lowest BCUT2D eigenvalue weighted by molar-refractivity contribution is -0.114. The van der Waals surface area contributed by atoms with Gasteiger partial charge in [0.15, 0.2) is 5.84 Å². The van der Waals surface area contributed by atoms with Crippen LogP contribution in [0.15, 0.2) is 39.9 Å². The molecule has 0 radical (unpaired) electrons. The van der Waals surface area contributed by atoms with E-state index in [1.807, 2.05) is 6.92 Å². The van der Waals surface area contributed by atoms with Crippen molar-refractivity contribution in [2.24, 2.45) is 16.0 Å². The third-order valence-electron chi connectivity index (χ3n) is 5.51. The number of nitrogens with zero attached hydrogens (tertiary/aromatic N) is 4. The first kappa shape index (κ1) is 21.3. The Morgan fingerprint density at radius 3 is 2.48 bits per heavy atom. The van der Waals surface area contributed by atoms with Crippen LogP contribution in [0.4, 0.5) is 0 Å². The number of carbonyl (C=O) groups is 1. The molecular weight excluding hydrogens is 406 g/mol. The van der Waals surface area contributed by atoms with Crippen LogP contribution in [0.1, 0.15) is 48.3 Å². The number of aromatic nitrogens is 1. The van der Waals surface area contributed by atoms with Crippen LogP contribution < -0.4 is 0 Å². The molecule has 2 aromatic rings. The van der Waals surface area contributed by atoms with E-state index in [0.29, 0.717) is 11.1 Å². The van der Waals surface area contributed by atoms with Crippen molar-refractivity contribution >= 4 is 39.8 Å². The smallest absolute Gasteiger partial charge is 0.283 e. The zero-order valence-corrected chi connectivity index (χ0v) is 19.6. The molecule has 3 heterocycles. The van der Waals surface area contributed by atoms with Crippen molar-refractivity contribution in [1.29, 1.82) is 5.41 Å². The average molecular weight is 434 g/mol. The average Bonchev–Trinajstić information content (AvgIpc) is 3.19. The lowest BCUT2D eigenvalue weighted by Gasteiger charge is -2.20. The normalized spacial score (nSPS) is 17.5. The lowest BCUT2D eigenvalue weighted by atomic mass is 10.1. The number of aliphatic imine (C=N–C) groups is 1. The van der Waals surface area contributed by atoms with Crippen LogP contribution in [-0.4, -0.2) is 31.5 Å². The first-order valence-electron chi connectivity index (χ1n) is 10.4. The number of hydrogen-bond donors (Lipinski definition) is 1. The van der Waals surface area contributed by atoms with E-state index in [-0.39, 0.29) is 17.3 Å². The Bertz CT molecular complexity index is 1180. The fraction of sp³-hybridized carbons (Fsp3) is 0.333. The van der Waals surface area contributed by atoms with Gasteiger partial charge in [-0.3, -0.25) is 10.2 Å². The maximum atomic E-state index is 12.8. The second-order valence-corrected chi connectivity index (χ2v) is 9.55. The predicted octanol–water partition coefficient (Wildman–Crippen LogP) is 5.38. The molecule has 1 aromatic heterocycles. The van der Waals surface area contributed by atoms with Crippen LogP contribution in [0.5, 0.6) is 0 Å². The molecule has 0 bridgehead atoms. The first-order chi connectivity index (χ1) is 14.7. The van der Waals surface area contributed by atoms with Crippen LogP contribution >= 0.6 is 11.8 Å². The van der Waals surface area contributed by atoms with Crippen molar-refractivity contribution < 1.29 is 4.79 Å². The highest BCUT2D eigenvalue weighted by atomic mass is 32.2. The van der Waals surface area contributed by atoms with E-state index < -0.39 is 0 Å². The number of amides is 1. The number of fused-ring (bicyclic) bond motifs is 1. The molecule has 0 unspecified atom stereocenters. The molecule has 6 nitrogen and oxygen atoms in total. The van der Waals surface area contributed by atoms with Gasteiger partial charge in [-0.05, 0) is 74.2 Å². The number of carbonyl (C=O) groups excluding carboxylic acids is 1. The number of hydrazone groups is 1. The Morgan fingerprint density at radius 1 is 1.16 bits per heavy atom. The van der Waals surface area contributed by atoms with Crippen LogP contribution in [0.2, 0.25) is 0 Å². The van der Waals surface area contributed by atoms with E-state index in [9.17, 15) is 4.79 Å². The minimum Gasteiger partial charge on any atom is -0.317 e. The summed E-state index contributed by atoms with van der Waals surface area (Å²) in [6.07, 6.45) is 2.58. The molecule has 2 aliphatic rings. The van der Waals surface area contributed by atoms with Crippen LogP contribution in [0.25, 0.3) is 11.8 Å². The predicted molar refractivity (Wildman–Crippen MR) is 129 cm³/mol. The number of benzene rings is 1. The first-order valence-corrected chi connectivity index (χ1v) is 11.2. The van der Waals surface area contributed by atoms with E-state index in [1.165, 1.54) is 27.9 Å². The number of thioether (sulfide) groups is 1. The quantitative estimate of drug-likeness (QED) is 0.658. The monoisotopic (exact) mass is 433 g/mol. The third kappa shape index (κ3) is 3.78. The van der Waals surface area contributed by atoms with Crippen molar-refractivity contribution in [3.8, 4) is 5.69 Å². The largest absolute Gasteiger partial charge is 0.317 e. The van der Waals surface area contributed by atoms with E-state index >= 15 is 0 Å². The van der Waals surface area contributed by atoms with Gasteiger partial charge in [0.25, 0.3) is 5.91 Å². The van der Waals surface area contributed by atoms with Crippen LogP contribution in [0, 0.1) is 39.0 Å². The highest BCUT2D eigenvalue weighted by Crippen LogP contribution is 2.32. The number of amidine groups is 2. The minimum atomic E-state index is -0.387. The molecule has 0 saturated carbocycles. The number of hydrogen-bond acceptors (Lipinski definition) is 4. The molecule has 1 N–H and O–H groups in total. The summed E-state index contributed by atoms with van der Waals surface area (Å²) >= 11 is 1.38.